The standard InChI is InChI=1S/C19H15F2N5O3/c20-12-3-10-15(26(9-1-2-9)6-11(17(10)27)18(28)29)14(21)16(12)25-5-8-4-23-19(22)24-13(8)7-25/h3-4,6,9H,1-2,5,7H2,(H,28,29)(H2,22,23,24). The Labute approximate surface area is 162 Å². The monoisotopic (exact) mass is 399 g/mol. The molecule has 3 N–H and O–H groups in total. The molecule has 1 aromatic carbocycles. The van der Waals surface area contributed by atoms with Crippen molar-refractivity contribution in [2.75, 3.05) is 10.6 Å². The molecule has 5 rings (SSSR count). The van der Waals surface area contributed by atoms with E-state index in [0.717, 1.165) is 25.1 Å². The largest absolute Gasteiger partial charge is 0.477 e. The second-order valence-corrected chi connectivity index (χ2v) is 7.29. The number of nitrogens with two attached hydrogens (primary N) is 1. The minimum atomic E-state index is -1.43. The van der Waals surface area contributed by atoms with Gasteiger partial charge in [-0.15, -0.1) is 0 Å². The lowest BCUT2D eigenvalue weighted by Gasteiger charge is -2.21. The fraction of sp³-hybridized carbons (Fsp3) is 0.263. The van der Waals surface area contributed by atoms with Crippen LogP contribution in [0.3, 0.4) is 0 Å². The summed E-state index contributed by atoms with van der Waals surface area (Å²) in [5.74, 6) is -3.18. The molecule has 0 radical (unpaired) electrons. The van der Waals surface area contributed by atoms with Crippen LogP contribution in [0.4, 0.5) is 20.4 Å². The fourth-order valence-electron chi connectivity index (χ4n) is 3.84. The van der Waals surface area contributed by atoms with E-state index < -0.39 is 28.6 Å². The highest BCUT2D eigenvalue weighted by Crippen LogP contribution is 2.40. The van der Waals surface area contributed by atoms with Crippen molar-refractivity contribution in [3.8, 4) is 0 Å². The van der Waals surface area contributed by atoms with Crippen LogP contribution < -0.4 is 16.1 Å². The number of nitrogen functional groups attached to an aromatic ring is 1. The first-order valence-electron chi connectivity index (χ1n) is 9.00. The van der Waals surface area contributed by atoms with E-state index in [9.17, 15) is 19.1 Å². The van der Waals surface area contributed by atoms with Gasteiger partial charge in [0.15, 0.2) is 5.82 Å². The van der Waals surface area contributed by atoms with E-state index in [1.54, 1.807) is 0 Å². The molecule has 0 bridgehead atoms. The Morgan fingerprint density at radius 1 is 1.28 bits per heavy atom. The number of hydrogen-bond donors (Lipinski definition) is 2. The number of carbonyl (C=O) groups is 1. The molecule has 1 fully saturated rings. The van der Waals surface area contributed by atoms with Crippen LogP contribution in [-0.4, -0.2) is 25.6 Å². The topological polar surface area (TPSA) is 114 Å². The maximum absolute atomic E-state index is 15.6. The number of carboxylic acid groups (broad SMARTS) is 1. The highest BCUT2D eigenvalue weighted by molar-refractivity contribution is 5.94. The third-order valence-electron chi connectivity index (χ3n) is 5.35. The highest BCUT2D eigenvalue weighted by atomic mass is 19.1. The van der Waals surface area contributed by atoms with Crippen molar-refractivity contribution in [2.24, 2.45) is 0 Å². The summed E-state index contributed by atoms with van der Waals surface area (Å²) in [5, 5.41) is 9.03. The second-order valence-electron chi connectivity index (χ2n) is 7.29. The molecule has 2 aromatic heterocycles. The van der Waals surface area contributed by atoms with Gasteiger partial charge in [-0.1, -0.05) is 0 Å². The van der Waals surface area contributed by atoms with Crippen LogP contribution in [0, 0.1) is 11.6 Å². The van der Waals surface area contributed by atoms with Gasteiger partial charge in [-0.25, -0.2) is 23.5 Å². The van der Waals surface area contributed by atoms with Crippen LogP contribution in [-0.2, 0) is 13.1 Å². The maximum atomic E-state index is 15.6. The SMILES string of the molecule is Nc1ncc2c(n1)CN(c1c(F)cc3c(=O)c(C(=O)O)cn(C4CC4)c3c1F)C2. The van der Waals surface area contributed by atoms with Gasteiger partial charge in [-0.2, -0.15) is 0 Å². The van der Waals surface area contributed by atoms with Gasteiger partial charge in [-0.3, -0.25) is 4.79 Å². The van der Waals surface area contributed by atoms with Crippen LogP contribution in [0.15, 0.2) is 23.3 Å². The number of nitrogens with zero attached hydrogens (tertiary/aromatic N) is 4. The first-order valence-corrected chi connectivity index (χ1v) is 9.00. The Bertz CT molecular complexity index is 1270. The molecule has 0 atom stereocenters. The molecule has 1 aliphatic heterocycles. The quantitative estimate of drug-likeness (QED) is 0.694. The number of hydrogen-bond acceptors (Lipinski definition) is 6. The van der Waals surface area contributed by atoms with Crippen molar-refractivity contribution in [1.29, 1.82) is 0 Å². The van der Waals surface area contributed by atoms with E-state index >= 15 is 4.39 Å². The number of rotatable bonds is 3. The molecule has 3 heterocycles. The molecule has 29 heavy (non-hydrogen) atoms. The molecule has 0 unspecified atom stereocenters. The van der Waals surface area contributed by atoms with E-state index in [-0.39, 0.29) is 41.7 Å². The Balaban J connectivity index is 1.73. The number of aromatic carboxylic acids is 1. The lowest BCUT2D eigenvalue weighted by molar-refractivity contribution is 0.0694. The van der Waals surface area contributed by atoms with Gasteiger partial charge in [0.2, 0.25) is 11.4 Å². The molecule has 10 heteroatoms. The summed E-state index contributed by atoms with van der Waals surface area (Å²) in [4.78, 5) is 33.5. The van der Waals surface area contributed by atoms with E-state index in [1.165, 1.54) is 15.7 Å². The third-order valence-corrected chi connectivity index (χ3v) is 5.35. The molecule has 0 saturated heterocycles. The summed E-state index contributed by atoms with van der Waals surface area (Å²) >= 11 is 0. The van der Waals surface area contributed by atoms with Gasteiger partial charge >= 0.3 is 5.97 Å². The zero-order valence-corrected chi connectivity index (χ0v) is 15.0. The maximum Gasteiger partial charge on any atom is 0.341 e. The fourth-order valence-corrected chi connectivity index (χ4v) is 3.84. The lowest BCUT2D eigenvalue weighted by Crippen LogP contribution is -2.23. The number of anilines is 2. The number of pyridine rings is 1. The first kappa shape index (κ1) is 17.5. The smallest absolute Gasteiger partial charge is 0.341 e. The zero-order chi connectivity index (χ0) is 20.4. The number of benzene rings is 1. The minimum absolute atomic E-state index is 0.0776. The molecule has 3 aromatic rings. The number of carboxylic acids is 1. The first-order chi connectivity index (χ1) is 13.8. The predicted molar refractivity (Wildman–Crippen MR) is 99.7 cm³/mol. The predicted octanol–water partition coefficient (Wildman–Crippen LogP) is 2.21. The molecule has 148 valence electrons. The van der Waals surface area contributed by atoms with Gasteiger partial charge in [-0.05, 0) is 18.9 Å². The summed E-state index contributed by atoms with van der Waals surface area (Å²) in [6, 6.07) is 0.801. The summed E-state index contributed by atoms with van der Waals surface area (Å²) in [6.07, 6.45) is 4.13. The molecular weight excluding hydrogens is 384 g/mol. The lowest BCUT2D eigenvalue weighted by atomic mass is 10.1. The van der Waals surface area contributed by atoms with Gasteiger partial charge in [0.25, 0.3) is 0 Å². The molecule has 1 saturated carbocycles. The van der Waals surface area contributed by atoms with Crippen LogP contribution in [0.1, 0.15) is 40.5 Å². The Kier molecular flexibility index (Phi) is 3.61. The van der Waals surface area contributed by atoms with Crippen molar-refractivity contribution in [1.82, 2.24) is 14.5 Å². The van der Waals surface area contributed by atoms with Crippen molar-refractivity contribution < 1.29 is 18.7 Å². The Morgan fingerprint density at radius 3 is 2.72 bits per heavy atom. The van der Waals surface area contributed by atoms with Gasteiger partial charge in [0.1, 0.15) is 17.1 Å². The normalized spacial score (nSPS) is 15.7. The zero-order valence-electron chi connectivity index (χ0n) is 15.0. The molecule has 2 aliphatic rings. The average Bonchev–Trinajstić information content (AvgIpc) is 3.42. The van der Waals surface area contributed by atoms with Gasteiger partial charge < -0.3 is 20.3 Å². The minimum Gasteiger partial charge on any atom is -0.477 e. The molecule has 0 spiro atoms. The van der Waals surface area contributed by atoms with Crippen molar-refractivity contribution >= 4 is 28.5 Å². The van der Waals surface area contributed by atoms with Crippen molar-refractivity contribution in [3.63, 3.8) is 0 Å². The van der Waals surface area contributed by atoms with E-state index in [2.05, 4.69) is 9.97 Å². The van der Waals surface area contributed by atoms with Crippen molar-refractivity contribution in [2.45, 2.75) is 32.0 Å². The summed E-state index contributed by atoms with van der Waals surface area (Å²) in [6.45, 7) is 0.331. The molecule has 1 aliphatic carbocycles. The number of fused-ring (bicyclic) bond motifs is 2. The van der Waals surface area contributed by atoms with E-state index in [0.29, 0.717) is 11.3 Å². The summed E-state index contributed by atoms with van der Waals surface area (Å²) < 4.78 is 32.0. The van der Waals surface area contributed by atoms with Crippen LogP contribution in [0.25, 0.3) is 10.9 Å². The van der Waals surface area contributed by atoms with E-state index in [1.807, 2.05) is 0 Å². The highest BCUT2D eigenvalue weighted by Gasteiger charge is 2.32. The second kappa shape index (κ2) is 5.97. The molecule has 0 amide bonds. The summed E-state index contributed by atoms with van der Waals surface area (Å²) in [7, 11) is 0. The molecular formula is C19H15F2N5O3. The van der Waals surface area contributed by atoms with Gasteiger partial charge in [0.05, 0.1) is 23.1 Å². The Hall–Kier alpha value is -3.56. The Morgan fingerprint density at radius 2 is 2.03 bits per heavy atom. The third kappa shape index (κ3) is 2.63. The van der Waals surface area contributed by atoms with Crippen LogP contribution in [0.2, 0.25) is 0 Å². The summed E-state index contributed by atoms with van der Waals surface area (Å²) in [5.41, 5.74) is 5.10. The van der Waals surface area contributed by atoms with Crippen LogP contribution in [0.5, 0.6) is 0 Å². The van der Waals surface area contributed by atoms with Gasteiger partial charge in [0, 0.05) is 30.5 Å². The number of halogens is 2. The van der Waals surface area contributed by atoms with Crippen molar-refractivity contribution in [3.05, 3.63) is 57.1 Å². The van der Waals surface area contributed by atoms with E-state index in [4.69, 9.17) is 5.73 Å². The molecule has 8 nitrogen and oxygen atoms in total. The number of aromatic nitrogens is 3. The average molecular weight is 399 g/mol. The van der Waals surface area contributed by atoms with Crippen LogP contribution >= 0.6 is 0 Å².